The van der Waals surface area contributed by atoms with Gasteiger partial charge in [0.05, 0.1) is 12.3 Å². The second-order valence-electron chi connectivity index (χ2n) is 7.10. The van der Waals surface area contributed by atoms with Gasteiger partial charge >= 0.3 is 24.3 Å². The molecular weight excluding hydrogens is 444 g/mol. The minimum Gasteiger partial charge on any atom is -0.481 e. The van der Waals surface area contributed by atoms with Crippen molar-refractivity contribution in [3.8, 4) is 0 Å². The number of halogens is 8. The van der Waals surface area contributed by atoms with E-state index in [1.165, 1.54) is 0 Å². The summed E-state index contributed by atoms with van der Waals surface area (Å²) < 4.78 is 99.2. The van der Waals surface area contributed by atoms with Crippen molar-refractivity contribution in [1.29, 1.82) is 0 Å². The summed E-state index contributed by atoms with van der Waals surface area (Å²) in [7, 11) is 0. The topological polar surface area (TPSA) is 74.6 Å². The van der Waals surface area contributed by atoms with Crippen LogP contribution < -0.4 is 0 Å². The van der Waals surface area contributed by atoms with E-state index in [0.717, 1.165) is 12.8 Å². The van der Waals surface area contributed by atoms with Crippen molar-refractivity contribution in [2.45, 2.75) is 96.3 Å². The summed E-state index contributed by atoms with van der Waals surface area (Å²) in [5, 5.41) is 17.0. The first-order valence-electron chi connectivity index (χ1n) is 9.90. The van der Waals surface area contributed by atoms with Crippen LogP contribution in [0.4, 0.5) is 35.1 Å². The summed E-state index contributed by atoms with van der Waals surface area (Å²) in [4.78, 5) is 20.8. The molecule has 0 aliphatic heterocycles. The minimum atomic E-state index is -4.80. The first-order chi connectivity index (χ1) is 14.2. The molecular formula is C19H30F8O4. The maximum absolute atomic E-state index is 13.3. The zero-order valence-corrected chi connectivity index (χ0v) is 17.4. The number of hydrogen-bond donors (Lipinski definition) is 2. The third-order valence-electron chi connectivity index (χ3n) is 4.50. The number of rotatable bonds is 15. The molecule has 0 aliphatic rings. The first-order valence-corrected chi connectivity index (χ1v) is 9.90. The van der Waals surface area contributed by atoms with Crippen LogP contribution in [0.2, 0.25) is 0 Å². The van der Waals surface area contributed by atoms with Crippen LogP contribution in [0.15, 0.2) is 0 Å². The van der Waals surface area contributed by atoms with Gasteiger partial charge in [0.2, 0.25) is 0 Å². The molecule has 0 rings (SSSR count). The fourth-order valence-electron chi connectivity index (χ4n) is 2.69. The van der Waals surface area contributed by atoms with E-state index < -0.39 is 61.3 Å². The van der Waals surface area contributed by atoms with Crippen LogP contribution in [-0.2, 0) is 9.59 Å². The van der Waals surface area contributed by atoms with Crippen LogP contribution in [0, 0.1) is 11.8 Å². The smallest absolute Gasteiger partial charge is 0.338 e. The molecule has 0 radical (unpaired) electrons. The summed E-state index contributed by atoms with van der Waals surface area (Å²) in [5.41, 5.74) is 0. The van der Waals surface area contributed by atoms with E-state index >= 15 is 0 Å². The SMILES string of the molecule is CCCCC(CC(=O)O)C(F)C(F)(F)C(F)F.CCCCCC(C(=O)O)C(F)C(F)F. The third kappa shape index (κ3) is 12.7. The molecule has 0 saturated carbocycles. The van der Waals surface area contributed by atoms with Gasteiger partial charge in [-0.15, -0.1) is 0 Å². The summed E-state index contributed by atoms with van der Waals surface area (Å²) >= 11 is 0. The number of hydrogen-bond acceptors (Lipinski definition) is 2. The number of carbonyl (C=O) groups is 2. The van der Waals surface area contributed by atoms with Crippen LogP contribution in [-0.4, -0.2) is 53.3 Å². The van der Waals surface area contributed by atoms with Crippen molar-refractivity contribution < 1.29 is 54.9 Å². The van der Waals surface area contributed by atoms with Crippen molar-refractivity contribution in [1.82, 2.24) is 0 Å². The predicted octanol–water partition coefficient (Wildman–Crippen LogP) is 6.38. The largest absolute Gasteiger partial charge is 0.481 e. The summed E-state index contributed by atoms with van der Waals surface area (Å²) in [6.07, 6.45) is -11.1. The lowest BCUT2D eigenvalue weighted by molar-refractivity contribution is -0.186. The molecule has 0 fully saturated rings. The van der Waals surface area contributed by atoms with Crippen molar-refractivity contribution >= 4 is 11.9 Å². The standard InChI is InChI=1S/C10H15F5O2.C9H15F3O2/c1-2-3-4-6(5-7(16)17)8(11)10(14,15)9(12)13;1-2-3-4-5-6(9(13)14)7(10)8(11)12/h6,8-9H,2-5H2,1H3,(H,16,17);6-8H,2-5H2,1H3,(H,13,14). The summed E-state index contributed by atoms with van der Waals surface area (Å²) in [6, 6.07) is 0. The monoisotopic (exact) mass is 474 g/mol. The molecule has 0 amide bonds. The van der Waals surface area contributed by atoms with Gasteiger partial charge in [0, 0.05) is 5.92 Å². The molecule has 4 atom stereocenters. The molecule has 4 nitrogen and oxygen atoms in total. The molecule has 0 aliphatic carbocycles. The van der Waals surface area contributed by atoms with Crippen LogP contribution in [0.3, 0.4) is 0 Å². The van der Waals surface area contributed by atoms with Crippen LogP contribution in [0.1, 0.15) is 65.2 Å². The highest BCUT2D eigenvalue weighted by Gasteiger charge is 2.52. The molecule has 0 aromatic heterocycles. The second-order valence-corrected chi connectivity index (χ2v) is 7.10. The van der Waals surface area contributed by atoms with Crippen LogP contribution in [0.5, 0.6) is 0 Å². The van der Waals surface area contributed by atoms with E-state index in [9.17, 15) is 44.7 Å². The average molecular weight is 474 g/mol. The second kappa shape index (κ2) is 16.1. The molecule has 0 heterocycles. The minimum absolute atomic E-state index is 0.0192. The van der Waals surface area contributed by atoms with Gasteiger partial charge in [-0.1, -0.05) is 46.0 Å². The van der Waals surface area contributed by atoms with Gasteiger partial charge in [-0.25, -0.2) is 26.3 Å². The maximum Gasteiger partial charge on any atom is 0.338 e. The Morgan fingerprint density at radius 1 is 0.839 bits per heavy atom. The molecule has 186 valence electrons. The first kappa shape index (κ1) is 31.6. The van der Waals surface area contributed by atoms with E-state index in [-0.39, 0.29) is 12.8 Å². The third-order valence-corrected chi connectivity index (χ3v) is 4.50. The fraction of sp³-hybridized carbons (Fsp3) is 0.895. The highest BCUT2D eigenvalue weighted by Crippen LogP contribution is 2.36. The molecule has 2 N–H and O–H groups in total. The van der Waals surface area contributed by atoms with Crippen LogP contribution in [0.25, 0.3) is 0 Å². The van der Waals surface area contributed by atoms with E-state index in [0.29, 0.717) is 19.3 Å². The number of carboxylic acids is 2. The molecule has 0 spiro atoms. The molecule has 0 aromatic carbocycles. The Balaban J connectivity index is 0. The van der Waals surface area contributed by atoms with Crippen LogP contribution >= 0.6 is 0 Å². The predicted molar refractivity (Wildman–Crippen MR) is 97.3 cm³/mol. The Kier molecular flexibility index (Phi) is 16.4. The molecule has 0 bridgehead atoms. The normalized spacial score (nSPS) is 15.7. The highest BCUT2D eigenvalue weighted by atomic mass is 19.3. The molecule has 12 heteroatoms. The lowest BCUT2D eigenvalue weighted by atomic mass is 9.90. The lowest BCUT2D eigenvalue weighted by Gasteiger charge is -2.26. The van der Waals surface area contributed by atoms with E-state index in [1.807, 2.05) is 6.92 Å². The van der Waals surface area contributed by atoms with Gasteiger partial charge in [-0.2, -0.15) is 8.78 Å². The quantitative estimate of drug-likeness (QED) is 0.213. The molecule has 4 unspecified atom stereocenters. The summed E-state index contributed by atoms with van der Waals surface area (Å²) in [5.74, 6) is -10.9. The van der Waals surface area contributed by atoms with E-state index in [4.69, 9.17) is 10.2 Å². The van der Waals surface area contributed by atoms with Gasteiger partial charge < -0.3 is 10.2 Å². The van der Waals surface area contributed by atoms with Gasteiger partial charge in [0.1, 0.15) is 0 Å². The Hall–Kier alpha value is -1.62. The van der Waals surface area contributed by atoms with Crippen molar-refractivity contribution in [3.63, 3.8) is 0 Å². The fourth-order valence-corrected chi connectivity index (χ4v) is 2.69. The van der Waals surface area contributed by atoms with Gasteiger partial charge in [-0.3, -0.25) is 9.59 Å². The number of carboxylic acid groups (broad SMARTS) is 2. The molecule has 0 aromatic rings. The zero-order chi connectivity index (χ0) is 24.8. The summed E-state index contributed by atoms with van der Waals surface area (Å²) in [6.45, 7) is 3.60. The zero-order valence-electron chi connectivity index (χ0n) is 17.4. The number of unbranched alkanes of at least 4 members (excludes halogenated alkanes) is 3. The number of aliphatic carboxylic acids is 2. The van der Waals surface area contributed by atoms with Gasteiger partial charge in [0.15, 0.2) is 12.3 Å². The van der Waals surface area contributed by atoms with E-state index in [1.54, 1.807) is 6.92 Å². The molecule has 0 saturated heterocycles. The van der Waals surface area contributed by atoms with Crippen molar-refractivity contribution in [2.75, 3.05) is 0 Å². The maximum atomic E-state index is 13.3. The average Bonchev–Trinajstić information content (AvgIpc) is 2.67. The highest BCUT2D eigenvalue weighted by molar-refractivity contribution is 5.70. The Morgan fingerprint density at radius 3 is 1.71 bits per heavy atom. The van der Waals surface area contributed by atoms with Crippen molar-refractivity contribution in [3.05, 3.63) is 0 Å². The van der Waals surface area contributed by atoms with Crippen molar-refractivity contribution in [2.24, 2.45) is 11.8 Å². The van der Waals surface area contributed by atoms with E-state index in [2.05, 4.69) is 0 Å². The number of alkyl halides is 8. The van der Waals surface area contributed by atoms with Gasteiger partial charge in [-0.05, 0) is 12.8 Å². The van der Waals surface area contributed by atoms with Gasteiger partial charge in [0.25, 0.3) is 6.43 Å². The molecule has 31 heavy (non-hydrogen) atoms. The Bertz CT molecular complexity index is 505. The Labute approximate surface area is 176 Å². The lowest BCUT2D eigenvalue weighted by Crippen LogP contribution is -2.42. The Morgan fingerprint density at radius 2 is 1.35 bits per heavy atom.